The lowest BCUT2D eigenvalue weighted by molar-refractivity contribution is 0.0872. The topological polar surface area (TPSA) is 33.3 Å². The smallest absolute Gasteiger partial charge is 0.0613 e. The number of fused-ring (bicyclic) bond motifs is 1. The van der Waals surface area contributed by atoms with Gasteiger partial charge < -0.3 is 15.4 Å². The van der Waals surface area contributed by atoms with E-state index in [9.17, 15) is 0 Å². The minimum absolute atomic E-state index is 0.474. The molecule has 1 aromatic carbocycles. The molecule has 2 aliphatic heterocycles. The molecule has 1 fully saturated rings. The van der Waals surface area contributed by atoms with Crippen LogP contribution in [0, 0.1) is 5.92 Å². The van der Waals surface area contributed by atoms with E-state index in [-0.39, 0.29) is 0 Å². The van der Waals surface area contributed by atoms with Crippen LogP contribution in [0.5, 0.6) is 0 Å². The molecule has 3 atom stereocenters. The van der Waals surface area contributed by atoms with Crippen LogP contribution < -0.4 is 10.6 Å². The van der Waals surface area contributed by atoms with Gasteiger partial charge in [0.2, 0.25) is 0 Å². The second-order valence-electron chi connectivity index (χ2n) is 5.69. The zero-order valence-electron chi connectivity index (χ0n) is 11.7. The normalized spacial score (nSPS) is 29.2. The van der Waals surface area contributed by atoms with E-state index in [2.05, 4.69) is 41.8 Å². The van der Waals surface area contributed by atoms with Gasteiger partial charge in [-0.05, 0) is 30.4 Å². The first-order valence-electron chi connectivity index (χ1n) is 7.53. The maximum Gasteiger partial charge on any atom is 0.0613 e. The molecule has 0 saturated carbocycles. The van der Waals surface area contributed by atoms with Crippen LogP contribution in [0.2, 0.25) is 0 Å². The third kappa shape index (κ3) is 2.77. The van der Waals surface area contributed by atoms with Crippen molar-refractivity contribution in [3.8, 4) is 0 Å². The molecular formula is C16H24N2O. The molecule has 3 rings (SSSR count). The van der Waals surface area contributed by atoms with Gasteiger partial charge in [0, 0.05) is 37.8 Å². The number of ether oxygens (including phenoxy) is 1. The highest BCUT2D eigenvalue weighted by molar-refractivity contribution is 5.57. The van der Waals surface area contributed by atoms with E-state index in [1.807, 2.05) is 0 Å². The Morgan fingerprint density at radius 3 is 3.11 bits per heavy atom. The van der Waals surface area contributed by atoms with E-state index in [1.54, 1.807) is 0 Å². The number of para-hydroxylation sites is 1. The molecule has 1 aromatic rings. The second kappa shape index (κ2) is 5.93. The van der Waals surface area contributed by atoms with Crippen molar-refractivity contribution in [3.63, 3.8) is 0 Å². The largest absolute Gasteiger partial charge is 0.384 e. The number of anilines is 1. The molecule has 0 radical (unpaired) electrons. The summed E-state index contributed by atoms with van der Waals surface area (Å²) in [7, 11) is 0. The summed E-state index contributed by atoms with van der Waals surface area (Å²) in [5.74, 6) is 1.31. The zero-order chi connectivity index (χ0) is 13.1. The minimum atomic E-state index is 0.474. The molecule has 0 amide bonds. The summed E-state index contributed by atoms with van der Waals surface area (Å²) in [4.78, 5) is 0. The predicted molar refractivity (Wildman–Crippen MR) is 78.7 cm³/mol. The van der Waals surface area contributed by atoms with Gasteiger partial charge in [-0.1, -0.05) is 25.1 Å². The van der Waals surface area contributed by atoms with Gasteiger partial charge in [0.25, 0.3) is 0 Å². The fourth-order valence-electron chi connectivity index (χ4n) is 3.36. The molecule has 2 N–H and O–H groups in total. The molecule has 2 heterocycles. The number of nitrogens with one attached hydrogen (secondary N) is 2. The second-order valence-corrected chi connectivity index (χ2v) is 5.69. The Hall–Kier alpha value is -1.06. The van der Waals surface area contributed by atoms with Crippen molar-refractivity contribution in [1.29, 1.82) is 0 Å². The Labute approximate surface area is 115 Å². The highest BCUT2D eigenvalue weighted by Crippen LogP contribution is 2.30. The third-order valence-electron chi connectivity index (χ3n) is 4.49. The van der Waals surface area contributed by atoms with Gasteiger partial charge in [-0.3, -0.25) is 0 Å². The number of benzene rings is 1. The van der Waals surface area contributed by atoms with Crippen LogP contribution in [0.15, 0.2) is 24.3 Å². The summed E-state index contributed by atoms with van der Waals surface area (Å²) >= 11 is 0. The number of hydrogen-bond donors (Lipinski definition) is 2. The fourth-order valence-corrected chi connectivity index (χ4v) is 3.36. The van der Waals surface area contributed by atoms with Gasteiger partial charge in [-0.2, -0.15) is 0 Å². The van der Waals surface area contributed by atoms with Crippen LogP contribution in [-0.2, 0) is 4.74 Å². The Balaban J connectivity index is 1.49. The van der Waals surface area contributed by atoms with Crippen LogP contribution >= 0.6 is 0 Å². The fraction of sp³-hybridized carbons (Fsp3) is 0.625. The Kier molecular flexibility index (Phi) is 4.04. The summed E-state index contributed by atoms with van der Waals surface area (Å²) in [5.41, 5.74) is 2.77. The highest BCUT2D eigenvalue weighted by atomic mass is 16.5. The molecule has 0 bridgehead atoms. The summed E-state index contributed by atoms with van der Waals surface area (Å²) < 4.78 is 5.74. The van der Waals surface area contributed by atoms with Crippen molar-refractivity contribution in [2.75, 3.05) is 31.6 Å². The summed E-state index contributed by atoms with van der Waals surface area (Å²) in [6.45, 7) is 6.39. The van der Waals surface area contributed by atoms with E-state index in [0.29, 0.717) is 17.9 Å². The molecule has 0 aromatic heterocycles. The maximum atomic E-state index is 5.74. The van der Waals surface area contributed by atoms with Crippen LogP contribution in [0.25, 0.3) is 0 Å². The van der Waals surface area contributed by atoms with Crippen molar-refractivity contribution in [3.05, 3.63) is 29.8 Å². The van der Waals surface area contributed by atoms with Gasteiger partial charge >= 0.3 is 0 Å². The lowest BCUT2D eigenvalue weighted by Gasteiger charge is -2.19. The molecular weight excluding hydrogens is 236 g/mol. The first-order chi connectivity index (χ1) is 9.38. The Morgan fingerprint density at radius 2 is 2.21 bits per heavy atom. The highest BCUT2D eigenvalue weighted by Gasteiger charge is 2.27. The van der Waals surface area contributed by atoms with Crippen molar-refractivity contribution < 1.29 is 4.74 Å². The predicted octanol–water partition coefficient (Wildman–Crippen LogP) is 2.60. The van der Waals surface area contributed by atoms with Crippen molar-refractivity contribution in [2.24, 2.45) is 5.92 Å². The number of rotatable bonds is 5. The Morgan fingerprint density at radius 1 is 1.32 bits per heavy atom. The molecule has 2 aliphatic rings. The van der Waals surface area contributed by atoms with Gasteiger partial charge in [-0.25, -0.2) is 0 Å². The molecule has 3 unspecified atom stereocenters. The third-order valence-corrected chi connectivity index (χ3v) is 4.49. The van der Waals surface area contributed by atoms with E-state index in [0.717, 1.165) is 32.7 Å². The monoisotopic (exact) mass is 260 g/mol. The average Bonchev–Trinajstić information content (AvgIpc) is 3.06. The molecule has 3 nitrogen and oxygen atoms in total. The minimum Gasteiger partial charge on any atom is -0.384 e. The SMILES string of the molecule is CCC1OCCC1CNCC1CNc2ccccc21. The molecule has 1 saturated heterocycles. The summed E-state index contributed by atoms with van der Waals surface area (Å²) in [6, 6.07) is 8.66. The van der Waals surface area contributed by atoms with Gasteiger partial charge in [0.05, 0.1) is 6.10 Å². The standard InChI is InChI=1S/C16H24N2O/c1-2-16-12(7-8-19-16)9-17-10-13-11-18-15-6-4-3-5-14(13)15/h3-6,12-13,16-18H,2,7-11H2,1H3. The Bertz CT molecular complexity index is 421. The molecule has 0 aliphatic carbocycles. The zero-order valence-corrected chi connectivity index (χ0v) is 11.7. The van der Waals surface area contributed by atoms with Crippen molar-refractivity contribution in [2.45, 2.75) is 31.8 Å². The maximum absolute atomic E-state index is 5.74. The first-order valence-corrected chi connectivity index (χ1v) is 7.53. The first kappa shape index (κ1) is 12.9. The van der Waals surface area contributed by atoms with Crippen LogP contribution in [0.1, 0.15) is 31.2 Å². The van der Waals surface area contributed by atoms with Gasteiger partial charge in [0.1, 0.15) is 0 Å². The molecule has 3 heteroatoms. The summed E-state index contributed by atoms with van der Waals surface area (Å²) in [5, 5.41) is 7.14. The van der Waals surface area contributed by atoms with Crippen LogP contribution in [-0.4, -0.2) is 32.3 Å². The molecule has 19 heavy (non-hydrogen) atoms. The van der Waals surface area contributed by atoms with Crippen LogP contribution in [0.3, 0.4) is 0 Å². The van der Waals surface area contributed by atoms with Crippen molar-refractivity contribution in [1.82, 2.24) is 5.32 Å². The van der Waals surface area contributed by atoms with E-state index >= 15 is 0 Å². The summed E-state index contributed by atoms with van der Waals surface area (Å²) in [6.07, 6.45) is 2.83. The number of hydrogen-bond acceptors (Lipinski definition) is 3. The van der Waals surface area contributed by atoms with Crippen molar-refractivity contribution >= 4 is 5.69 Å². The average molecular weight is 260 g/mol. The molecule has 0 spiro atoms. The lowest BCUT2D eigenvalue weighted by Crippen LogP contribution is -2.31. The van der Waals surface area contributed by atoms with E-state index in [4.69, 9.17) is 4.74 Å². The van der Waals surface area contributed by atoms with Gasteiger partial charge in [-0.15, -0.1) is 0 Å². The quantitative estimate of drug-likeness (QED) is 0.854. The van der Waals surface area contributed by atoms with E-state index < -0.39 is 0 Å². The lowest BCUT2D eigenvalue weighted by atomic mass is 9.98. The molecule has 104 valence electrons. The van der Waals surface area contributed by atoms with E-state index in [1.165, 1.54) is 17.7 Å². The van der Waals surface area contributed by atoms with Gasteiger partial charge in [0.15, 0.2) is 0 Å². The van der Waals surface area contributed by atoms with Crippen LogP contribution in [0.4, 0.5) is 5.69 Å².